The van der Waals surface area contributed by atoms with E-state index in [1.54, 1.807) is 0 Å². The van der Waals surface area contributed by atoms with Gasteiger partial charge in [-0.05, 0) is 32.1 Å². The summed E-state index contributed by atoms with van der Waals surface area (Å²) >= 11 is 0. The molecule has 0 aromatic carbocycles. The van der Waals surface area contributed by atoms with E-state index in [1.807, 2.05) is 0 Å². The van der Waals surface area contributed by atoms with Crippen molar-refractivity contribution in [3.05, 3.63) is 12.2 Å². The summed E-state index contributed by atoms with van der Waals surface area (Å²) in [7, 11) is 0. The fourth-order valence-corrected chi connectivity index (χ4v) is 2.50. The van der Waals surface area contributed by atoms with Crippen LogP contribution in [0.25, 0.3) is 0 Å². The second-order valence-electron chi connectivity index (χ2n) is 6.47. The maximum absolute atomic E-state index is 11.7. The molecule has 0 rings (SSSR count). The molecule has 140 valence electrons. The van der Waals surface area contributed by atoms with E-state index in [2.05, 4.69) is 23.8 Å². The van der Waals surface area contributed by atoms with Crippen molar-refractivity contribution in [2.45, 2.75) is 97.0 Å². The average molecular weight is 341 g/mol. The van der Waals surface area contributed by atoms with Crippen LogP contribution in [0.4, 0.5) is 0 Å². The summed E-state index contributed by atoms with van der Waals surface area (Å²) in [5.74, 6) is -0.387. The topological polar surface area (TPSA) is 63.6 Å². The standard InChI is InChI=1S/C20H36O4/c1-3-4-5-6-7-8-9-10-11-12-13-14-15-19(22)16-20(23)17-24-18(2)21/h7-8,20,23H,3-6,9-17H2,1-2H3. The molecule has 0 fully saturated rings. The van der Waals surface area contributed by atoms with Crippen molar-refractivity contribution in [1.29, 1.82) is 0 Å². The first kappa shape index (κ1) is 22.8. The van der Waals surface area contributed by atoms with Gasteiger partial charge >= 0.3 is 5.97 Å². The molecule has 0 spiro atoms. The zero-order chi connectivity index (χ0) is 18.0. The van der Waals surface area contributed by atoms with E-state index >= 15 is 0 Å². The summed E-state index contributed by atoms with van der Waals surface area (Å²) in [5, 5.41) is 9.56. The summed E-state index contributed by atoms with van der Waals surface area (Å²) in [6, 6.07) is 0. The lowest BCUT2D eigenvalue weighted by atomic mass is 10.0. The number of carbonyl (C=O) groups excluding carboxylic acids is 2. The third-order valence-electron chi connectivity index (χ3n) is 3.91. The molecular weight excluding hydrogens is 304 g/mol. The van der Waals surface area contributed by atoms with Gasteiger partial charge in [0.05, 0.1) is 6.10 Å². The monoisotopic (exact) mass is 340 g/mol. The summed E-state index contributed by atoms with van der Waals surface area (Å²) in [6.07, 6.45) is 16.1. The predicted molar refractivity (Wildman–Crippen MR) is 97.9 cm³/mol. The molecular formula is C20H36O4. The molecule has 0 aliphatic rings. The highest BCUT2D eigenvalue weighted by atomic mass is 16.5. The summed E-state index contributed by atoms with van der Waals surface area (Å²) in [6.45, 7) is 3.42. The van der Waals surface area contributed by atoms with Crippen LogP contribution >= 0.6 is 0 Å². The number of carbonyl (C=O) groups is 2. The van der Waals surface area contributed by atoms with E-state index in [0.29, 0.717) is 6.42 Å². The number of rotatable bonds is 16. The van der Waals surface area contributed by atoms with Crippen LogP contribution in [0, 0.1) is 0 Å². The fourth-order valence-electron chi connectivity index (χ4n) is 2.50. The Bertz CT molecular complexity index is 350. The number of ketones is 1. The lowest BCUT2D eigenvalue weighted by molar-refractivity contribution is -0.145. The van der Waals surface area contributed by atoms with Crippen LogP contribution in [0.3, 0.4) is 0 Å². The zero-order valence-corrected chi connectivity index (χ0v) is 15.6. The van der Waals surface area contributed by atoms with E-state index < -0.39 is 12.1 Å². The number of Topliss-reactive ketones (excluding diaryl/α,β-unsaturated/α-hetero) is 1. The molecule has 0 amide bonds. The summed E-state index contributed by atoms with van der Waals surface area (Å²) in [5.41, 5.74) is 0. The van der Waals surface area contributed by atoms with Gasteiger partial charge in [-0.1, -0.05) is 51.2 Å². The maximum Gasteiger partial charge on any atom is 0.302 e. The molecule has 0 heterocycles. The van der Waals surface area contributed by atoms with Gasteiger partial charge in [0.1, 0.15) is 12.4 Å². The molecule has 0 aliphatic carbocycles. The number of aliphatic hydroxyl groups excluding tert-OH is 1. The van der Waals surface area contributed by atoms with Gasteiger partial charge in [0.2, 0.25) is 0 Å². The SMILES string of the molecule is CCCCCC=CCCCCCCCC(=O)CC(O)COC(C)=O. The van der Waals surface area contributed by atoms with E-state index in [1.165, 1.54) is 45.4 Å². The van der Waals surface area contributed by atoms with Crippen LogP contribution < -0.4 is 0 Å². The van der Waals surface area contributed by atoms with Crippen molar-refractivity contribution in [3.63, 3.8) is 0 Å². The molecule has 1 unspecified atom stereocenters. The van der Waals surface area contributed by atoms with E-state index in [0.717, 1.165) is 25.7 Å². The van der Waals surface area contributed by atoms with Crippen molar-refractivity contribution >= 4 is 11.8 Å². The number of allylic oxidation sites excluding steroid dienone is 2. The maximum atomic E-state index is 11.7. The molecule has 0 aromatic rings. The second kappa shape index (κ2) is 16.7. The molecule has 0 saturated heterocycles. The Hall–Kier alpha value is -1.16. The Morgan fingerprint density at radius 2 is 1.54 bits per heavy atom. The number of aliphatic hydroxyl groups is 1. The molecule has 1 N–H and O–H groups in total. The largest absolute Gasteiger partial charge is 0.463 e. The first-order valence-electron chi connectivity index (χ1n) is 9.54. The number of esters is 1. The van der Waals surface area contributed by atoms with Gasteiger partial charge in [0.15, 0.2) is 0 Å². The number of hydrogen-bond acceptors (Lipinski definition) is 4. The average Bonchev–Trinajstić information content (AvgIpc) is 2.54. The van der Waals surface area contributed by atoms with Crippen molar-refractivity contribution in [2.75, 3.05) is 6.61 Å². The molecule has 0 saturated carbocycles. The van der Waals surface area contributed by atoms with Crippen LogP contribution in [0.15, 0.2) is 12.2 Å². The van der Waals surface area contributed by atoms with Crippen LogP contribution in [-0.4, -0.2) is 29.6 Å². The number of hydrogen-bond donors (Lipinski definition) is 1. The highest BCUT2D eigenvalue weighted by Crippen LogP contribution is 2.10. The first-order valence-corrected chi connectivity index (χ1v) is 9.54. The van der Waals surface area contributed by atoms with Gasteiger partial charge in [-0.15, -0.1) is 0 Å². The third-order valence-corrected chi connectivity index (χ3v) is 3.91. The van der Waals surface area contributed by atoms with E-state index in [4.69, 9.17) is 0 Å². The first-order chi connectivity index (χ1) is 11.6. The van der Waals surface area contributed by atoms with Crippen LogP contribution in [0.5, 0.6) is 0 Å². The Labute approximate surface area is 147 Å². The number of unbranched alkanes of at least 4 members (excludes halogenated alkanes) is 8. The van der Waals surface area contributed by atoms with Gasteiger partial charge in [0, 0.05) is 19.8 Å². The van der Waals surface area contributed by atoms with E-state index in [9.17, 15) is 14.7 Å². The smallest absolute Gasteiger partial charge is 0.302 e. The van der Waals surface area contributed by atoms with Gasteiger partial charge in [-0.25, -0.2) is 0 Å². The zero-order valence-electron chi connectivity index (χ0n) is 15.6. The van der Waals surface area contributed by atoms with Crippen LogP contribution in [-0.2, 0) is 14.3 Å². The Morgan fingerprint density at radius 1 is 0.958 bits per heavy atom. The van der Waals surface area contributed by atoms with Crippen LogP contribution in [0.1, 0.15) is 90.9 Å². The lowest BCUT2D eigenvalue weighted by Crippen LogP contribution is -2.20. The number of ether oxygens (including phenoxy) is 1. The highest BCUT2D eigenvalue weighted by Gasteiger charge is 2.11. The molecule has 4 nitrogen and oxygen atoms in total. The van der Waals surface area contributed by atoms with Gasteiger partial charge in [-0.3, -0.25) is 9.59 Å². The highest BCUT2D eigenvalue weighted by molar-refractivity contribution is 5.78. The summed E-state index contributed by atoms with van der Waals surface area (Å²) < 4.78 is 4.67. The van der Waals surface area contributed by atoms with Crippen LogP contribution in [0.2, 0.25) is 0 Å². The third kappa shape index (κ3) is 17.2. The lowest BCUT2D eigenvalue weighted by Gasteiger charge is -2.09. The van der Waals surface area contributed by atoms with Crippen molar-refractivity contribution < 1.29 is 19.4 Å². The van der Waals surface area contributed by atoms with Gasteiger partial charge < -0.3 is 9.84 Å². The Morgan fingerprint density at radius 3 is 2.17 bits per heavy atom. The minimum Gasteiger partial charge on any atom is -0.463 e. The predicted octanol–water partition coefficient (Wildman–Crippen LogP) is 4.74. The minimum atomic E-state index is -0.870. The molecule has 24 heavy (non-hydrogen) atoms. The van der Waals surface area contributed by atoms with Gasteiger partial charge in [0.25, 0.3) is 0 Å². The van der Waals surface area contributed by atoms with Crippen molar-refractivity contribution in [3.8, 4) is 0 Å². The molecule has 0 aromatic heterocycles. The van der Waals surface area contributed by atoms with Crippen molar-refractivity contribution in [1.82, 2.24) is 0 Å². The second-order valence-corrected chi connectivity index (χ2v) is 6.47. The molecule has 0 bridgehead atoms. The van der Waals surface area contributed by atoms with E-state index in [-0.39, 0.29) is 18.8 Å². The Kier molecular flexibility index (Phi) is 15.9. The van der Waals surface area contributed by atoms with Gasteiger partial charge in [-0.2, -0.15) is 0 Å². The quantitative estimate of drug-likeness (QED) is 0.250. The Balaban J connectivity index is 3.37. The molecule has 0 radical (unpaired) electrons. The molecule has 0 aliphatic heterocycles. The van der Waals surface area contributed by atoms with Crippen molar-refractivity contribution in [2.24, 2.45) is 0 Å². The fraction of sp³-hybridized carbons (Fsp3) is 0.800. The molecule has 1 atom stereocenters. The minimum absolute atomic E-state index is 0.0460. The normalized spacial score (nSPS) is 12.5. The summed E-state index contributed by atoms with van der Waals surface area (Å²) in [4.78, 5) is 22.3. The molecule has 4 heteroatoms.